The zero-order chi connectivity index (χ0) is 15.2. The monoisotopic (exact) mass is 353 g/mol. The van der Waals surface area contributed by atoms with Crippen LogP contribution in [0.15, 0.2) is 28.7 Å². The fourth-order valence-electron chi connectivity index (χ4n) is 2.50. The van der Waals surface area contributed by atoms with Crippen LogP contribution in [0.4, 0.5) is 0 Å². The molecule has 1 aliphatic rings. The Balaban J connectivity index is 1.75. The molecule has 1 aliphatic carbocycles. The van der Waals surface area contributed by atoms with Gasteiger partial charge in [0, 0.05) is 10.5 Å². The van der Waals surface area contributed by atoms with Gasteiger partial charge in [0.2, 0.25) is 0 Å². The molecule has 4 nitrogen and oxygen atoms in total. The standard InChI is InChI=1S/C16H20BrNO3/c1-11-5-7-14(8-6-11)18-15(19)10-21-16(20)12-3-2-4-13(17)9-12/h2-4,9,11,14H,5-8,10H2,1H3,(H,18,19). The highest BCUT2D eigenvalue weighted by molar-refractivity contribution is 9.10. The zero-order valence-corrected chi connectivity index (χ0v) is 13.7. The fraction of sp³-hybridized carbons (Fsp3) is 0.500. The molecule has 0 spiro atoms. The Bertz CT molecular complexity index is 510. The van der Waals surface area contributed by atoms with Gasteiger partial charge in [-0.15, -0.1) is 0 Å². The molecule has 0 atom stereocenters. The van der Waals surface area contributed by atoms with E-state index in [-0.39, 0.29) is 18.6 Å². The average Bonchev–Trinajstić information content (AvgIpc) is 2.47. The van der Waals surface area contributed by atoms with Gasteiger partial charge >= 0.3 is 5.97 Å². The number of hydrogen-bond acceptors (Lipinski definition) is 3. The van der Waals surface area contributed by atoms with Crippen LogP contribution in [0, 0.1) is 5.92 Å². The van der Waals surface area contributed by atoms with Gasteiger partial charge in [-0.2, -0.15) is 0 Å². The smallest absolute Gasteiger partial charge is 0.338 e. The summed E-state index contributed by atoms with van der Waals surface area (Å²) < 4.78 is 5.84. The van der Waals surface area contributed by atoms with E-state index >= 15 is 0 Å². The number of esters is 1. The minimum absolute atomic E-state index is 0.221. The molecule has 1 N–H and O–H groups in total. The van der Waals surface area contributed by atoms with Crippen molar-refractivity contribution in [1.29, 1.82) is 0 Å². The molecule has 5 heteroatoms. The maximum absolute atomic E-state index is 11.8. The van der Waals surface area contributed by atoms with Crippen molar-refractivity contribution in [2.75, 3.05) is 6.61 Å². The van der Waals surface area contributed by atoms with E-state index in [4.69, 9.17) is 4.74 Å². The largest absolute Gasteiger partial charge is 0.452 e. The number of carbonyl (C=O) groups excluding carboxylic acids is 2. The van der Waals surface area contributed by atoms with Crippen LogP contribution < -0.4 is 5.32 Å². The van der Waals surface area contributed by atoms with Crippen molar-refractivity contribution in [1.82, 2.24) is 5.32 Å². The van der Waals surface area contributed by atoms with Crippen LogP contribution in [0.3, 0.4) is 0 Å². The molecule has 0 heterocycles. The van der Waals surface area contributed by atoms with Gasteiger partial charge in [0.15, 0.2) is 6.61 Å². The molecule has 2 rings (SSSR count). The lowest BCUT2D eigenvalue weighted by atomic mass is 9.87. The molecule has 0 bridgehead atoms. The molecule has 1 aromatic carbocycles. The second-order valence-electron chi connectivity index (χ2n) is 5.61. The summed E-state index contributed by atoms with van der Waals surface area (Å²) in [6.07, 6.45) is 4.30. The van der Waals surface area contributed by atoms with E-state index in [0.717, 1.165) is 36.1 Å². The SMILES string of the molecule is CC1CCC(NC(=O)COC(=O)c2cccc(Br)c2)CC1. The summed E-state index contributed by atoms with van der Waals surface area (Å²) in [6.45, 7) is 2.01. The quantitative estimate of drug-likeness (QED) is 0.844. The summed E-state index contributed by atoms with van der Waals surface area (Å²) >= 11 is 3.29. The first kappa shape index (κ1) is 16.0. The van der Waals surface area contributed by atoms with E-state index in [1.54, 1.807) is 18.2 Å². The minimum atomic E-state index is -0.483. The molecule has 1 amide bonds. The highest BCUT2D eigenvalue weighted by Crippen LogP contribution is 2.23. The summed E-state index contributed by atoms with van der Waals surface area (Å²) in [5.41, 5.74) is 0.434. The molecule has 0 radical (unpaired) electrons. The Labute approximate surface area is 133 Å². The predicted molar refractivity (Wildman–Crippen MR) is 84.0 cm³/mol. The lowest BCUT2D eigenvalue weighted by Gasteiger charge is -2.26. The maximum atomic E-state index is 11.8. The molecule has 0 saturated heterocycles. The highest BCUT2D eigenvalue weighted by Gasteiger charge is 2.20. The van der Waals surface area contributed by atoms with Crippen molar-refractivity contribution in [3.63, 3.8) is 0 Å². The Hall–Kier alpha value is -1.36. The Kier molecular flexibility index (Phi) is 5.79. The van der Waals surface area contributed by atoms with Crippen molar-refractivity contribution in [2.45, 2.75) is 38.6 Å². The van der Waals surface area contributed by atoms with Gasteiger partial charge in [-0.3, -0.25) is 4.79 Å². The molecule has 1 saturated carbocycles. The normalized spacial score (nSPS) is 21.6. The number of nitrogens with one attached hydrogen (secondary N) is 1. The maximum Gasteiger partial charge on any atom is 0.338 e. The lowest BCUT2D eigenvalue weighted by molar-refractivity contribution is -0.125. The number of amides is 1. The van der Waals surface area contributed by atoms with Crippen molar-refractivity contribution in [2.24, 2.45) is 5.92 Å². The third-order valence-electron chi connectivity index (χ3n) is 3.78. The zero-order valence-electron chi connectivity index (χ0n) is 12.1. The Morgan fingerprint density at radius 2 is 2.00 bits per heavy atom. The summed E-state index contributed by atoms with van der Waals surface area (Å²) in [7, 11) is 0. The van der Waals surface area contributed by atoms with Gasteiger partial charge < -0.3 is 10.1 Å². The van der Waals surface area contributed by atoms with E-state index in [1.807, 2.05) is 6.07 Å². The molecule has 114 valence electrons. The van der Waals surface area contributed by atoms with Crippen LogP contribution >= 0.6 is 15.9 Å². The van der Waals surface area contributed by atoms with Gasteiger partial charge in [-0.05, 0) is 49.8 Å². The number of benzene rings is 1. The number of halogens is 1. The van der Waals surface area contributed by atoms with Crippen LogP contribution in [0.25, 0.3) is 0 Å². The summed E-state index contributed by atoms with van der Waals surface area (Å²) in [5.74, 6) is 0.0362. The summed E-state index contributed by atoms with van der Waals surface area (Å²) in [5, 5.41) is 2.93. The third kappa shape index (κ3) is 5.16. The second-order valence-corrected chi connectivity index (χ2v) is 6.53. The van der Waals surface area contributed by atoms with Crippen LogP contribution in [0.1, 0.15) is 43.0 Å². The molecular formula is C16H20BrNO3. The predicted octanol–water partition coefficient (Wildman–Crippen LogP) is 3.30. The molecule has 21 heavy (non-hydrogen) atoms. The Morgan fingerprint density at radius 1 is 1.29 bits per heavy atom. The van der Waals surface area contributed by atoms with Crippen molar-refractivity contribution in [3.05, 3.63) is 34.3 Å². The van der Waals surface area contributed by atoms with Crippen LogP contribution in [-0.4, -0.2) is 24.5 Å². The van der Waals surface area contributed by atoms with E-state index in [1.165, 1.54) is 0 Å². The molecular weight excluding hydrogens is 334 g/mol. The third-order valence-corrected chi connectivity index (χ3v) is 4.27. The topological polar surface area (TPSA) is 55.4 Å². The molecule has 1 fully saturated rings. The van der Waals surface area contributed by atoms with E-state index in [2.05, 4.69) is 28.2 Å². The summed E-state index contributed by atoms with van der Waals surface area (Å²) in [4.78, 5) is 23.6. The Morgan fingerprint density at radius 3 is 2.67 bits per heavy atom. The van der Waals surface area contributed by atoms with Crippen LogP contribution in [-0.2, 0) is 9.53 Å². The lowest BCUT2D eigenvalue weighted by Crippen LogP contribution is -2.39. The van der Waals surface area contributed by atoms with Gasteiger partial charge in [-0.25, -0.2) is 4.79 Å². The second kappa shape index (κ2) is 7.59. The van der Waals surface area contributed by atoms with Crippen LogP contribution in [0.5, 0.6) is 0 Å². The number of carbonyl (C=O) groups is 2. The number of rotatable bonds is 4. The molecule has 0 aromatic heterocycles. The van der Waals surface area contributed by atoms with Crippen LogP contribution in [0.2, 0.25) is 0 Å². The first-order valence-electron chi connectivity index (χ1n) is 7.26. The van der Waals surface area contributed by atoms with Crippen molar-refractivity contribution in [3.8, 4) is 0 Å². The summed E-state index contributed by atoms with van der Waals surface area (Å²) in [6, 6.07) is 7.13. The molecule has 1 aromatic rings. The average molecular weight is 354 g/mol. The highest BCUT2D eigenvalue weighted by atomic mass is 79.9. The van der Waals surface area contributed by atoms with Gasteiger partial charge in [-0.1, -0.05) is 28.9 Å². The minimum Gasteiger partial charge on any atom is -0.452 e. The van der Waals surface area contributed by atoms with Gasteiger partial charge in [0.1, 0.15) is 0 Å². The number of hydrogen-bond donors (Lipinski definition) is 1. The molecule has 0 unspecified atom stereocenters. The van der Waals surface area contributed by atoms with Crippen molar-refractivity contribution < 1.29 is 14.3 Å². The van der Waals surface area contributed by atoms with Crippen molar-refractivity contribution >= 4 is 27.8 Å². The first-order chi connectivity index (χ1) is 10.0. The molecule has 0 aliphatic heterocycles. The van der Waals surface area contributed by atoms with Gasteiger partial charge in [0.05, 0.1) is 5.56 Å². The fourth-order valence-corrected chi connectivity index (χ4v) is 2.90. The van der Waals surface area contributed by atoms with Gasteiger partial charge in [0.25, 0.3) is 5.91 Å². The number of ether oxygens (including phenoxy) is 1. The van der Waals surface area contributed by atoms with E-state index in [9.17, 15) is 9.59 Å². The first-order valence-corrected chi connectivity index (χ1v) is 8.06. The van der Waals surface area contributed by atoms with E-state index < -0.39 is 5.97 Å². The van der Waals surface area contributed by atoms with E-state index in [0.29, 0.717) is 5.56 Å².